The molecule has 0 unspecified atom stereocenters. The number of carbonyl (C=O) groups excluding carboxylic acids is 1. The minimum atomic E-state index is 0.151. The van der Waals surface area contributed by atoms with E-state index in [2.05, 4.69) is 42.0 Å². The van der Waals surface area contributed by atoms with Gasteiger partial charge in [0.1, 0.15) is 0 Å². The fourth-order valence-electron chi connectivity index (χ4n) is 4.86. The van der Waals surface area contributed by atoms with Gasteiger partial charge in [-0.25, -0.2) is 4.79 Å². The number of fused-ring (bicyclic) bond motifs is 1. The van der Waals surface area contributed by atoms with E-state index in [1.54, 1.807) is 0 Å². The van der Waals surface area contributed by atoms with Gasteiger partial charge in [0.2, 0.25) is 0 Å². The lowest BCUT2D eigenvalue weighted by molar-refractivity contribution is 0.133. The number of nitrogens with zero attached hydrogens (tertiary/aromatic N) is 3. The summed E-state index contributed by atoms with van der Waals surface area (Å²) in [6, 6.07) is 6.52. The summed E-state index contributed by atoms with van der Waals surface area (Å²) in [5.41, 5.74) is 1.58. The quantitative estimate of drug-likeness (QED) is 0.918. The van der Waals surface area contributed by atoms with E-state index in [0.717, 1.165) is 56.7 Å². The van der Waals surface area contributed by atoms with Crippen molar-refractivity contribution in [1.29, 1.82) is 0 Å². The Bertz CT molecular complexity index is 618. The molecule has 0 radical (unpaired) electrons. The highest BCUT2D eigenvalue weighted by Crippen LogP contribution is 2.61. The molecule has 3 aliphatic rings. The lowest BCUT2D eigenvalue weighted by Gasteiger charge is -2.38. The standard InChI is InChI=1S/C20H30N4O/c1-14-10-23(11-15-6-4-5-8-21-15)9-7-18(14)22-19(25)24-12-16-17(13-24)20(16,2)3/h4-6,8,14,16-18H,7,9-13H2,1-3H3,(H,22,25)/t14-,16-,17+,18+/m1/s1. The third-order valence-electron chi connectivity index (χ3n) is 6.82. The molecular formula is C20H30N4O. The Morgan fingerprint density at radius 2 is 2.04 bits per heavy atom. The van der Waals surface area contributed by atoms with Crippen LogP contribution < -0.4 is 5.32 Å². The highest BCUT2D eigenvalue weighted by molar-refractivity contribution is 5.75. The first kappa shape index (κ1) is 16.8. The van der Waals surface area contributed by atoms with Crippen LogP contribution in [-0.2, 0) is 6.54 Å². The number of pyridine rings is 1. The minimum Gasteiger partial charge on any atom is -0.335 e. The van der Waals surface area contributed by atoms with Crippen LogP contribution in [0, 0.1) is 23.2 Å². The Labute approximate surface area is 150 Å². The highest BCUT2D eigenvalue weighted by atomic mass is 16.2. The Kier molecular flexibility index (Phi) is 4.22. The van der Waals surface area contributed by atoms with Crippen molar-refractivity contribution in [2.75, 3.05) is 26.2 Å². The molecule has 2 amide bonds. The van der Waals surface area contributed by atoms with Gasteiger partial charge in [0, 0.05) is 45.0 Å². The van der Waals surface area contributed by atoms with Gasteiger partial charge in [0.25, 0.3) is 0 Å². The molecule has 5 nitrogen and oxygen atoms in total. The molecule has 136 valence electrons. The molecular weight excluding hydrogens is 312 g/mol. The molecule has 4 atom stereocenters. The van der Waals surface area contributed by atoms with Crippen LogP contribution in [0.15, 0.2) is 24.4 Å². The number of nitrogens with one attached hydrogen (secondary N) is 1. The second-order valence-electron chi connectivity index (χ2n) is 8.82. The van der Waals surface area contributed by atoms with Gasteiger partial charge in [0.05, 0.1) is 5.69 Å². The Hall–Kier alpha value is -1.62. The molecule has 2 aliphatic heterocycles. The number of carbonyl (C=O) groups is 1. The van der Waals surface area contributed by atoms with Crippen molar-refractivity contribution in [3.63, 3.8) is 0 Å². The zero-order chi connectivity index (χ0) is 17.6. The molecule has 0 spiro atoms. The van der Waals surface area contributed by atoms with Crippen molar-refractivity contribution in [1.82, 2.24) is 20.1 Å². The molecule has 3 heterocycles. The van der Waals surface area contributed by atoms with Gasteiger partial charge >= 0.3 is 6.03 Å². The second kappa shape index (κ2) is 6.27. The topological polar surface area (TPSA) is 48.5 Å². The number of urea groups is 1. The van der Waals surface area contributed by atoms with E-state index in [0.29, 0.717) is 11.3 Å². The van der Waals surface area contributed by atoms with Gasteiger partial charge in [-0.1, -0.05) is 26.8 Å². The van der Waals surface area contributed by atoms with Crippen LogP contribution in [-0.4, -0.2) is 53.0 Å². The summed E-state index contributed by atoms with van der Waals surface area (Å²) < 4.78 is 0. The van der Waals surface area contributed by atoms with Crippen LogP contribution in [0.1, 0.15) is 32.9 Å². The van der Waals surface area contributed by atoms with Gasteiger partial charge in [0.15, 0.2) is 0 Å². The largest absolute Gasteiger partial charge is 0.335 e. The Morgan fingerprint density at radius 1 is 1.28 bits per heavy atom. The zero-order valence-electron chi connectivity index (χ0n) is 15.6. The van der Waals surface area contributed by atoms with Crippen molar-refractivity contribution in [3.05, 3.63) is 30.1 Å². The summed E-state index contributed by atoms with van der Waals surface area (Å²) in [6.45, 7) is 11.7. The maximum Gasteiger partial charge on any atom is 0.317 e. The highest BCUT2D eigenvalue weighted by Gasteiger charge is 2.62. The van der Waals surface area contributed by atoms with Crippen molar-refractivity contribution in [3.8, 4) is 0 Å². The van der Waals surface area contributed by atoms with Crippen LogP contribution in [0.25, 0.3) is 0 Å². The molecule has 1 aromatic rings. The van der Waals surface area contributed by atoms with Crippen molar-refractivity contribution < 1.29 is 4.79 Å². The van der Waals surface area contributed by atoms with Crippen LogP contribution in [0.3, 0.4) is 0 Å². The molecule has 0 bridgehead atoms. The fourth-order valence-corrected chi connectivity index (χ4v) is 4.86. The van der Waals surface area contributed by atoms with E-state index < -0.39 is 0 Å². The third-order valence-corrected chi connectivity index (χ3v) is 6.82. The SMILES string of the molecule is C[C@@H]1CN(Cc2ccccn2)CC[C@@H]1NC(=O)N1C[C@@H]2[C@H](C1)C2(C)C. The Balaban J connectivity index is 1.25. The summed E-state index contributed by atoms with van der Waals surface area (Å²) in [4.78, 5) is 21.5. The number of hydrogen-bond acceptors (Lipinski definition) is 3. The van der Waals surface area contributed by atoms with E-state index in [-0.39, 0.29) is 12.1 Å². The summed E-state index contributed by atoms with van der Waals surface area (Å²) in [5.74, 6) is 1.90. The average Bonchev–Trinajstić information content (AvgIpc) is 2.95. The predicted octanol–water partition coefficient (Wildman–Crippen LogP) is 2.59. The summed E-state index contributed by atoms with van der Waals surface area (Å²) in [5, 5.41) is 3.31. The predicted molar refractivity (Wildman–Crippen MR) is 97.9 cm³/mol. The molecule has 0 aromatic carbocycles. The van der Waals surface area contributed by atoms with Gasteiger partial charge in [-0.2, -0.15) is 0 Å². The number of amides is 2. The number of hydrogen-bond donors (Lipinski definition) is 1. The molecule has 3 fully saturated rings. The van der Waals surface area contributed by atoms with Crippen LogP contribution in [0.5, 0.6) is 0 Å². The average molecular weight is 342 g/mol. The lowest BCUT2D eigenvalue weighted by atomic mass is 9.94. The monoisotopic (exact) mass is 342 g/mol. The maximum atomic E-state index is 12.6. The maximum absolute atomic E-state index is 12.6. The second-order valence-corrected chi connectivity index (χ2v) is 8.82. The molecule has 2 saturated heterocycles. The van der Waals surface area contributed by atoms with E-state index >= 15 is 0 Å². The van der Waals surface area contributed by atoms with Gasteiger partial charge < -0.3 is 10.2 Å². The Morgan fingerprint density at radius 3 is 2.68 bits per heavy atom. The van der Waals surface area contributed by atoms with Crippen LogP contribution in [0.2, 0.25) is 0 Å². The lowest BCUT2D eigenvalue weighted by Crippen LogP contribution is -2.53. The van der Waals surface area contributed by atoms with Gasteiger partial charge in [-0.3, -0.25) is 9.88 Å². The van der Waals surface area contributed by atoms with E-state index in [4.69, 9.17) is 0 Å². The zero-order valence-corrected chi connectivity index (χ0v) is 15.6. The molecule has 1 saturated carbocycles. The summed E-state index contributed by atoms with van der Waals surface area (Å²) in [6.07, 6.45) is 2.87. The molecule has 25 heavy (non-hydrogen) atoms. The van der Waals surface area contributed by atoms with E-state index in [1.165, 1.54) is 0 Å². The first-order chi connectivity index (χ1) is 11.9. The molecule has 5 heteroatoms. The minimum absolute atomic E-state index is 0.151. The molecule has 4 rings (SSSR count). The number of aromatic nitrogens is 1. The van der Waals surface area contributed by atoms with Gasteiger partial charge in [-0.05, 0) is 41.7 Å². The number of piperidine rings is 2. The first-order valence-corrected chi connectivity index (χ1v) is 9.63. The van der Waals surface area contributed by atoms with E-state index in [9.17, 15) is 4.79 Å². The molecule has 1 N–H and O–H groups in total. The number of rotatable bonds is 3. The van der Waals surface area contributed by atoms with Crippen molar-refractivity contribution >= 4 is 6.03 Å². The van der Waals surface area contributed by atoms with Crippen LogP contribution >= 0.6 is 0 Å². The van der Waals surface area contributed by atoms with E-state index in [1.807, 2.05) is 23.2 Å². The smallest absolute Gasteiger partial charge is 0.317 e. The summed E-state index contributed by atoms with van der Waals surface area (Å²) >= 11 is 0. The number of likely N-dealkylation sites (tertiary alicyclic amines) is 2. The molecule has 1 aliphatic carbocycles. The first-order valence-electron chi connectivity index (χ1n) is 9.63. The third kappa shape index (κ3) is 3.26. The fraction of sp³-hybridized carbons (Fsp3) is 0.700. The van der Waals surface area contributed by atoms with Gasteiger partial charge in [-0.15, -0.1) is 0 Å². The van der Waals surface area contributed by atoms with Crippen molar-refractivity contribution in [2.24, 2.45) is 23.2 Å². The van der Waals surface area contributed by atoms with Crippen LogP contribution in [0.4, 0.5) is 4.79 Å². The normalized spacial score (nSPS) is 33.8. The van der Waals surface area contributed by atoms with Crippen molar-refractivity contribution in [2.45, 2.75) is 39.8 Å². The molecule has 1 aromatic heterocycles. The summed E-state index contributed by atoms with van der Waals surface area (Å²) in [7, 11) is 0.